The van der Waals surface area contributed by atoms with E-state index >= 15 is 0 Å². The lowest BCUT2D eigenvalue weighted by Gasteiger charge is -2.20. The van der Waals surface area contributed by atoms with Crippen molar-refractivity contribution in [1.29, 1.82) is 0 Å². The van der Waals surface area contributed by atoms with E-state index in [1.807, 2.05) is 18.2 Å². The third-order valence-corrected chi connectivity index (χ3v) is 4.15. The molecule has 1 aromatic carbocycles. The first-order valence-electron chi connectivity index (χ1n) is 5.15. The largest absolute Gasteiger partial charge is 0.481 e. The zero-order valence-corrected chi connectivity index (χ0v) is 10.4. The highest BCUT2D eigenvalue weighted by atomic mass is 32.1. The number of benzene rings is 1. The highest BCUT2D eigenvalue weighted by Crippen LogP contribution is 2.35. The second kappa shape index (κ2) is 3.59. The van der Waals surface area contributed by atoms with Gasteiger partial charge in [0.15, 0.2) is 0 Å². The van der Waals surface area contributed by atoms with E-state index in [2.05, 4.69) is 12.3 Å². The maximum Gasteiger partial charge on any atom is 0.313 e. The Bertz CT molecular complexity index is 552. The number of fused-ring (bicyclic) bond motifs is 1. The first-order chi connectivity index (χ1) is 7.44. The van der Waals surface area contributed by atoms with E-state index < -0.39 is 11.4 Å². The summed E-state index contributed by atoms with van der Waals surface area (Å²) in [5, 5.41) is 12.5. The Hall–Kier alpha value is -1.35. The summed E-state index contributed by atoms with van der Waals surface area (Å²) in [5.41, 5.74) is 1.27. The topological polar surface area (TPSA) is 37.3 Å². The van der Waals surface area contributed by atoms with E-state index in [1.54, 1.807) is 25.2 Å². The van der Waals surface area contributed by atoms with Gasteiger partial charge in [-0.1, -0.05) is 18.2 Å². The van der Waals surface area contributed by atoms with E-state index in [9.17, 15) is 9.90 Å². The van der Waals surface area contributed by atoms with E-state index in [1.165, 1.54) is 5.56 Å². The van der Waals surface area contributed by atoms with E-state index in [-0.39, 0.29) is 0 Å². The van der Waals surface area contributed by atoms with Crippen LogP contribution < -0.4 is 0 Å². The van der Waals surface area contributed by atoms with Crippen LogP contribution in [0, 0.1) is 6.92 Å². The summed E-state index contributed by atoms with van der Waals surface area (Å²) in [6.07, 6.45) is 0. The van der Waals surface area contributed by atoms with Crippen LogP contribution in [0.4, 0.5) is 0 Å². The van der Waals surface area contributed by atoms with E-state index in [0.29, 0.717) is 0 Å². The fourth-order valence-electron chi connectivity index (χ4n) is 1.79. The van der Waals surface area contributed by atoms with E-state index in [4.69, 9.17) is 0 Å². The molecule has 0 radical (unpaired) electrons. The predicted octanol–water partition coefficient (Wildman–Crippen LogP) is 3.57. The van der Waals surface area contributed by atoms with Crippen LogP contribution in [0.15, 0.2) is 23.6 Å². The molecular weight excluding hydrogens is 220 g/mol. The molecule has 0 atom stereocenters. The minimum atomic E-state index is -0.837. The van der Waals surface area contributed by atoms with Gasteiger partial charge in [0.05, 0.1) is 5.41 Å². The molecule has 0 aliphatic rings. The standard InChI is InChI=1S/C13H14O2S/c1-8-7-16-11-9(8)5-4-6-10(11)13(2,3)12(14)15/h4-7H,1-3H3,(H,14,15). The number of carboxylic acid groups (broad SMARTS) is 1. The molecule has 16 heavy (non-hydrogen) atoms. The van der Waals surface area contributed by atoms with Crippen LogP contribution >= 0.6 is 11.3 Å². The molecule has 0 amide bonds. The lowest BCUT2D eigenvalue weighted by molar-refractivity contribution is -0.142. The number of hydrogen-bond acceptors (Lipinski definition) is 2. The van der Waals surface area contributed by atoms with Crippen LogP contribution in [0.2, 0.25) is 0 Å². The van der Waals surface area contributed by atoms with Crippen molar-refractivity contribution in [2.45, 2.75) is 26.2 Å². The molecule has 0 aliphatic carbocycles. The second-order valence-corrected chi connectivity index (χ2v) is 5.41. The predicted molar refractivity (Wildman–Crippen MR) is 67.2 cm³/mol. The number of hydrogen-bond donors (Lipinski definition) is 1. The summed E-state index contributed by atoms with van der Waals surface area (Å²) in [5.74, 6) is -0.786. The van der Waals surface area contributed by atoms with Gasteiger partial charge in [0.2, 0.25) is 0 Å². The maximum atomic E-state index is 11.3. The van der Waals surface area contributed by atoms with Crippen LogP contribution in [0.25, 0.3) is 10.1 Å². The molecule has 0 fully saturated rings. The van der Waals surface area contributed by atoms with Gasteiger partial charge in [0.1, 0.15) is 0 Å². The van der Waals surface area contributed by atoms with Gasteiger partial charge < -0.3 is 5.11 Å². The first-order valence-corrected chi connectivity index (χ1v) is 6.03. The molecular formula is C13H14O2S. The maximum absolute atomic E-state index is 11.3. The first kappa shape index (κ1) is 11.1. The molecule has 1 heterocycles. The molecule has 2 nitrogen and oxygen atoms in total. The van der Waals surface area contributed by atoms with Crippen LogP contribution in [0.1, 0.15) is 25.0 Å². The summed E-state index contributed by atoms with van der Waals surface area (Å²) >= 11 is 1.62. The molecule has 2 rings (SSSR count). The Balaban J connectivity index is 2.75. The number of carbonyl (C=O) groups is 1. The lowest BCUT2D eigenvalue weighted by Crippen LogP contribution is -2.28. The Morgan fingerprint density at radius 1 is 1.38 bits per heavy atom. The summed E-state index contributed by atoms with van der Waals surface area (Å²) in [6, 6.07) is 5.89. The van der Waals surface area contributed by atoms with Gasteiger partial charge >= 0.3 is 5.97 Å². The molecule has 0 aliphatic heterocycles. The molecule has 3 heteroatoms. The number of rotatable bonds is 2. The van der Waals surface area contributed by atoms with Gasteiger partial charge in [-0.25, -0.2) is 0 Å². The van der Waals surface area contributed by atoms with Gasteiger partial charge in [0, 0.05) is 4.70 Å². The smallest absolute Gasteiger partial charge is 0.313 e. The van der Waals surface area contributed by atoms with Crippen LogP contribution in [-0.4, -0.2) is 11.1 Å². The second-order valence-electron chi connectivity index (χ2n) is 4.53. The van der Waals surface area contributed by atoms with Gasteiger partial charge in [-0.15, -0.1) is 11.3 Å². The van der Waals surface area contributed by atoms with Crippen LogP contribution in [-0.2, 0) is 10.2 Å². The highest BCUT2D eigenvalue weighted by Gasteiger charge is 2.31. The van der Waals surface area contributed by atoms with Crippen molar-refractivity contribution in [2.24, 2.45) is 0 Å². The Morgan fingerprint density at radius 3 is 2.69 bits per heavy atom. The molecule has 84 valence electrons. The minimum Gasteiger partial charge on any atom is -0.481 e. The van der Waals surface area contributed by atoms with Crippen LogP contribution in [0.3, 0.4) is 0 Å². The fraction of sp³-hybridized carbons (Fsp3) is 0.308. The molecule has 0 unspecified atom stereocenters. The summed E-state index contributed by atoms with van der Waals surface area (Å²) in [6.45, 7) is 5.55. The van der Waals surface area contributed by atoms with Gasteiger partial charge in [0.25, 0.3) is 0 Å². The summed E-state index contributed by atoms with van der Waals surface area (Å²) in [4.78, 5) is 11.3. The molecule has 0 bridgehead atoms. The number of carboxylic acids is 1. The number of aliphatic carboxylic acids is 1. The molecule has 0 saturated carbocycles. The minimum absolute atomic E-state index is 0.786. The molecule has 1 N–H and O–H groups in total. The molecule has 0 spiro atoms. The van der Waals surface area contributed by atoms with Crippen molar-refractivity contribution < 1.29 is 9.90 Å². The molecule has 1 aromatic heterocycles. The zero-order chi connectivity index (χ0) is 11.9. The number of thiophene rings is 1. The Labute approximate surface area is 98.5 Å². The van der Waals surface area contributed by atoms with Crippen molar-refractivity contribution >= 4 is 27.4 Å². The van der Waals surface area contributed by atoms with Crippen LogP contribution in [0.5, 0.6) is 0 Å². The van der Waals surface area contributed by atoms with Gasteiger partial charge in [-0.2, -0.15) is 0 Å². The lowest BCUT2D eigenvalue weighted by atomic mass is 9.84. The third kappa shape index (κ3) is 1.52. The van der Waals surface area contributed by atoms with Crippen molar-refractivity contribution in [1.82, 2.24) is 0 Å². The van der Waals surface area contributed by atoms with Crippen molar-refractivity contribution in [3.63, 3.8) is 0 Å². The zero-order valence-electron chi connectivity index (χ0n) is 9.57. The fourth-order valence-corrected chi connectivity index (χ4v) is 3.02. The SMILES string of the molecule is Cc1csc2c(C(C)(C)C(=O)O)cccc12. The monoisotopic (exact) mass is 234 g/mol. The number of aryl methyl sites for hydroxylation is 1. The van der Waals surface area contributed by atoms with Gasteiger partial charge in [-0.05, 0) is 42.7 Å². The Morgan fingerprint density at radius 2 is 2.06 bits per heavy atom. The van der Waals surface area contributed by atoms with Crippen molar-refractivity contribution in [2.75, 3.05) is 0 Å². The summed E-state index contributed by atoms with van der Waals surface area (Å²) < 4.78 is 1.09. The highest BCUT2D eigenvalue weighted by molar-refractivity contribution is 7.17. The third-order valence-electron chi connectivity index (χ3n) is 3.00. The van der Waals surface area contributed by atoms with Crippen molar-refractivity contribution in [3.8, 4) is 0 Å². The average molecular weight is 234 g/mol. The van der Waals surface area contributed by atoms with Crippen molar-refractivity contribution in [3.05, 3.63) is 34.7 Å². The Kier molecular flexibility index (Phi) is 2.50. The molecule has 2 aromatic rings. The van der Waals surface area contributed by atoms with Gasteiger partial charge in [-0.3, -0.25) is 4.79 Å². The quantitative estimate of drug-likeness (QED) is 0.862. The summed E-state index contributed by atoms with van der Waals surface area (Å²) in [7, 11) is 0. The average Bonchev–Trinajstić information content (AvgIpc) is 2.60. The molecule has 0 saturated heterocycles. The normalized spacial score (nSPS) is 11.9. The van der Waals surface area contributed by atoms with E-state index in [0.717, 1.165) is 15.6 Å².